The third-order valence-corrected chi connectivity index (χ3v) is 2.12. The van der Waals surface area contributed by atoms with Gasteiger partial charge < -0.3 is 16.0 Å². The van der Waals surface area contributed by atoms with Crippen molar-refractivity contribution in [3.63, 3.8) is 0 Å². The van der Waals surface area contributed by atoms with Crippen LogP contribution in [0.1, 0.15) is 15.9 Å². The van der Waals surface area contributed by atoms with E-state index in [1.54, 1.807) is 19.2 Å². The van der Waals surface area contributed by atoms with Crippen LogP contribution < -0.4 is 11.1 Å². The summed E-state index contributed by atoms with van der Waals surface area (Å²) in [4.78, 5) is 13.4. The largest absolute Gasteiger partial charge is 0.398 e. The van der Waals surface area contributed by atoms with Gasteiger partial charge in [0.2, 0.25) is 0 Å². The maximum atomic E-state index is 11.3. The maximum absolute atomic E-state index is 11.3. The van der Waals surface area contributed by atoms with Gasteiger partial charge in [-0.25, -0.2) is 0 Å². The van der Waals surface area contributed by atoms with E-state index in [4.69, 9.17) is 5.73 Å². The van der Waals surface area contributed by atoms with Gasteiger partial charge in [-0.3, -0.25) is 4.79 Å². The number of benzene rings is 1. The number of rotatable bonds is 3. The summed E-state index contributed by atoms with van der Waals surface area (Å²) in [5, 5.41) is 2.56. The van der Waals surface area contributed by atoms with Crippen molar-refractivity contribution in [2.24, 2.45) is 0 Å². The van der Waals surface area contributed by atoms with Crippen molar-refractivity contribution in [3.8, 4) is 0 Å². The first kappa shape index (κ1) is 11.5. The molecule has 1 aromatic carbocycles. The predicted molar refractivity (Wildman–Crippen MR) is 61.6 cm³/mol. The van der Waals surface area contributed by atoms with Gasteiger partial charge in [0.15, 0.2) is 0 Å². The number of amides is 1. The molecular formula is C11H17N3O. The molecule has 4 heteroatoms. The SMILES string of the molecule is CNC(=O)c1ccc(CN(C)C)c(N)c1. The molecule has 3 N–H and O–H groups in total. The number of carbonyl (C=O) groups excluding carboxylic acids is 1. The molecule has 0 unspecified atom stereocenters. The quantitative estimate of drug-likeness (QED) is 0.717. The third-order valence-electron chi connectivity index (χ3n) is 2.12. The van der Waals surface area contributed by atoms with Crippen LogP contribution in [0, 0.1) is 0 Å². The Hall–Kier alpha value is -1.55. The van der Waals surface area contributed by atoms with Crippen LogP contribution in [0.2, 0.25) is 0 Å². The molecule has 0 aliphatic rings. The lowest BCUT2D eigenvalue weighted by molar-refractivity contribution is 0.0963. The number of nitrogens with zero attached hydrogens (tertiary/aromatic N) is 1. The predicted octanol–water partition coefficient (Wildman–Crippen LogP) is 0.690. The highest BCUT2D eigenvalue weighted by Gasteiger charge is 2.06. The topological polar surface area (TPSA) is 58.4 Å². The molecule has 0 bridgehead atoms. The van der Waals surface area contributed by atoms with Crippen molar-refractivity contribution in [2.45, 2.75) is 6.54 Å². The number of nitrogens with two attached hydrogens (primary N) is 1. The van der Waals surface area contributed by atoms with Gasteiger partial charge in [0.1, 0.15) is 0 Å². The Morgan fingerprint density at radius 1 is 1.47 bits per heavy atom. The van der Waals surface area contributed by atoms with E-state index in [9.17, 15) is 4.79 Å². The zero-order chi connectivity index (χ0) is 11.4. The third kappa shape index (κ3) is 2.95. The summed E-state index contributed by atoms with van der Waals surface area (Å²) in [5.74, 6) is -0.113. The molecule has 4 nitrogen and oxygen atoms in total. The number of nitrogens with one attached hydrogen (secondary N) is 1. The Labute approximate surface area is 90.1 Å². The average molecular weight is 207 g/mol. The summed E-state index contributed by atoms with van der Waals surface area (Å²) in [5.41, 5.74) is 8.14. The number of carbonyl (C=O) groups is 1. The molecule has 0 saturated heterocycles. The highest BCUT2D eigenvalue weighted by atomic mass is 16.1. The number of anilines is 1. The van der Waals surface area contributed by atoms with Crippen molar-refractivity contribution in [2.75, 3.05) is 26.9 Å². The average Bonchev–Trinajstić information content (AvgIpc) is 2.19. The highest BCUT2D eigenvalue weighted by molar-refractivity contribution is 5.95. The molecule has 0 aliphatic heterocycles. The molecule has 0 heterocycles. The Kier molecular flexibility index (Phi) is 3.68. The molecule has 1 amide bonds. The molecule has 0 radical (unpaired) electrons. The zero-order valence-electron chi connectivity index (χ0n) is 9.37. The molecule has 1 aromatic rings. The number of hydrogen-bond donors (Lipinski definition) is 2. The number of nitrogen functional groups attached to an aromatic ring is 1. The van der Waals surface area contributed by atoms with E-state index in [-0.39, 0.29) is 5.91 Å². The van der Waals surface area contributed by atoms with Gasteiger partial charge in [-0.1, -0.05) is 6.07 Å². The van der Waals surface area contributed by atoms with Crippen molar-refractivity contribution in [1.82, 2.24) is 10.2 Å². The molecule has 0 spiro atoms. The first-order chi connectivity index (χ1) is 7.04. The van der Waals surface area contributed by atoms with Crippen molar-refractivity contribution in [1.29, 1.82) is 0 Å². The van der Waals surface area contributed by atoms with Gasteiger partial charge >= 0.3 is 0 Å². The molecular weight excluding hydrogens is 190 g/mol. The smallest absolute Gasteiger partial charge is 0.251 e. The van der Waals surface area contributed by atoms with Crippen LogP contribution >= 0.6 is 0 Å². The second kappa shape index (κ2) is 4.79. The monoisotopic (exact) mass is 207 g/mol. The fourth-order valence-corrected chi connectivity index (χ4v) is 1.37. The second-order valence-electron chi connectivity index (χ2n) is 3.73. The van der Waals surface area contributed by atoms with Gasteiger partial charge in [0, 0.05) is 24.8 Å². The molecule has 0 aromatic heterocycles. The van der Waals surface area contributed by atoms with Gasteiger partial charge in [-0.2, -0.15) is 0 Å². The Morgan fingerprint density at radius 2 is 2.13 bits per heavy atom. The maximum Gasteiger partial charge on any atom is 0.251 e. The van der Waals surface area contributed by atoms with Crippen LogP contribution in [-0.4, -0.2) is 32.0 Å². The summed E-state index contributed by atoms with van der Waals surface area (Å²) in [6, 6.07) is 5.38. The molecule has 82 valence electrons. The lowest BCUT2D eigenvalue weighted by Crippen LogP contribution is -2.18. The van der Waals surface area contributed by atoms with Crippen molar-refractivity contribution < 1.29 is 4.79 Å². The first-order valence-electron chi connectivity index (χ1n) is 4.80. The van der Waals surface area contributed by atoms with Crippen LogP contribution in [-0.2, 0) is 6.54 Å². The molecule has 0 aliphatic carbocycles. The van der Waals surface area contributed by atoms with Gasteiger partial charge in [-0.05, 0) is 31.8 Å². The Bertz CT molecular complexity index is 361. The van der Waals surface area contributed by atoms with Crippen LogP contribution in [0.4, 0.5) is 5.69 Å². The fourth-order valence-electron chi connectivity index (χ4n) is 1.37. The zero-order valence-corrected chi connectivity index (χ0v) is 9.37. The van der Waals surface area contributed by atoms with E-state index in [0.717, 1.165) is 12.1 Å². The van der Waals surface area contributed by atoms with E-state index in [0.29, 0.717) is 11.3 Å². The summed E-state index contributed by atoms with van der Waals surface area (Å²) in [6.07, 6.45) is 0. The Morgan fingerprint density at radius 3 is 2.60 bits per heavy atom. The van der Waals surface area contributed by atoms with Crippen LogP contribution in [0.15, 0.2) is 18.2 Å². The lowest BCUT2D eigenvalue weighted by Gasteiger charge is -2.12. The number of hydrogen-bond acceptors (Lipinski definition) is 3. The first-order valence-corrected chi connectivity index (χ1v) is 4.80. The van der Waals surface area contributed by atoms with Crippen molar-refractivity contribution >= 4 is 11.6 Å². The van der Waals surface area contributed by atoms with E-state index in [1.807, 2.05) is 25.1 Å². The molecule has 0 atom stereocenters. The minimum absolute atomic E-state index is 0.113. The van der Waals surface area contributed by atoms with E-state index < -0.39 is 0 Å². The van der Waals surface area contributed by atoms with Crippen LogP contribution in [0.3, 0.4) is 0 Å². The standard InChI is InChI=1S/C11H17N3O/c1-13-11(15)8-4-5-9(7-14(2)3)10(12)6-8/h4-6H,7,12H2,1-3H3,(H,13,15). The van der Waals surface area contributed by atoms with E-state index in [2.05, 4.69) is 5.32 Å². The minimum Gasteiger partial charge on any atom is -0.398 e. The molecule has 15 heavy (non-hydrogen) atoms. The fraction of sp³-hybridized carbons (Fsp3) is 0.364. The summed E-state index contributed by atoms with van der Waals surface area (Å²) < 4.78 is 0. The lowest BCUT2D eigenvalue weighted by atomic mass is 10.1. The molecule has 1 rings (SSSR count). The normalized spacial score (nSPS) is 10.4. The Balaban J connectivity index is 2.93. The van der Waals surface area contributed by atoms with Crippen LogP contribution in [0.25, 0.3) is 0 Å². The molecule has 0 saturated carbocycles. The highest BCUT2D eigenvalue weighted by Crippen LogP contribution is 2.15. The van der Waals surface area contributed by atoms with E-state index in [1.165, 1.54) is 0 Å². The molecule has 0 fully saturated rings. The summed E-state index contributed by atoms with van der Waals surface area (Å²) in [6.45, 7) is 0.778. The van der Waals surface area contributed by atoms with Gasteiger partial charge in [-0.15, -0.1) is 0 Å². The van der Waals surface area contributed by atoms with Gasteiger partial charge in [0.25, 0.3) is 5.91 Å². The van der Waals surface area contributed by atoms with Gasteiger partial charge in [0.05, 0.1) is 0 Å². The summed E-state index contributed by atoms with van der Waals surface area (Å²) >= 11 is 0. The van der Waals surface area contributed by atoms with E-state index >= 15 is 0 Å². The second-order valence-corrected chi connectivity index (χ2v) is 3.73. The van der Waals surface area contributed by atoms with Crippen molar-refractivity contribution in [3.05, 3.63) is 29.3 Å². The minimum atomic E-state index is -0.113. The van der Waals surface area contributed by atoms with Crippen LogP contribution in [0.5, 0.6) is 0 Å². The summed E-state index contributed by atoms with van der Waals surface area (Å²) in [7, 11) is 5.56.